The van der Waals surface area contributed by atoms with E-state index in [1.54, 1.807) is 0 Å². The van der Waals surface area contributed by atoms with Crippen LogP contribution in [0.4, 0.5) is 0 Å². The highest BCUT2D eigenvalue weighted by atomic mass is 79.9. The Hall–Kier alpha value is -0.350. The van der Waals surface area contributed by atoms with Gasteiger partial charge in [0.25, 0.3) is 0 Å². The third-order valence-electron chi connectivity index (χ3n) is 4.19. The summed E-state index contributed by atoms with van der Waals surface area (Å²) in [6.07, 6.45) is 7.12. The highest BCUT2D eigenvalue weighted by Crippen LogP contribution is 2.40. The monoisotopic (exact) mass is 327 g/mol. The van der Waals surface area contributed by atoms with Crippen LogP contribution in [0.25, 0.3) is 0 Å². The van der Waals surface area contributed by atoms with Gasteiger partial charge in [0.1, 0.15) is 0 Å². The minimum atomic E-state index is 0.443. The molecule has 3 unspecified atom stereocenters. The summed E-state index contributed by atoms with van der Waals surface area (Å²) in [6, 6.07) is 0.443. The Balaban J connectivity index is 2.25. The van der Waals surface area contributed by atoms with Crippen LogP contribution < -0.4 is 5.32 Å². The van der Waals surface area contributed by atoms with E-state index < -0.39 is 0 Å². The molecule has 1 N–H and O–H groups in total. The Kier molecular flexibility index (Phi) is 5.46. The largest absolute Gasteiger partial charge is 0.309 e. The first kappa shape index (κ1) is 15.0. The summed E-state index contributed by atoms with van der Waals surface area (Å²) in [7, 11) is 0. The molecule has 0 aliphatic heterocycles. The summed E-state index contributed by atoms with van der Waals surface area (Å²) in [4.78, 5) is 0. The van der Waals surface area contributed by atoms with Crippen LogP contribution in [0.15, 0.2) is 10.7 Å². The van der Waals surface area contributed by atoms with E-state index in [9.17, 15) is 0 Å². The summed E-state index contributed by atoms with van der Waals surface area (Å²) in [6.45, 7) is 8.80. The zero-order valence-corrected chi connectivity index (χ0v) is 13.9. The molecule has 0 aromatic carbocycles. The number of aryl methyl sites for hydroxylation is 1. The molecule has 3 atom stereocenters. The number of aromatic nitrogens is 2. The van der Waals surface area contributed by atoms with Crippen molar-refractivity contribution in [2.75, 3.05) is 6.54 Å². The second-order valence-electron chi connectivity index (χ2n) is 5.81. The molecular weight excluding hydrogens is 302 g/mol. The van der Waals surface area contributed by atoms with Crippen molar-refractivity contribution < 1.29 is 0 Å². The lowest BCUT2D eigenvalue weighted by Crippen LogP contribution is -2.30. The second-order valence-corrected chi connectivity index (χ2v) is 6.67. The maximum absolute atomic E-state index is 4.53. The van der Waals surface area contributed by atoms with E-state index in [2.05, 4.69) is 51.8 Å². The predicted octanol–water partition coefficient (Wildman–Crippen LogP) is 4.14. The highest BCUT2D eigenvalue weighted by molar-refractivity contribution is 9.10. The van der Waals surface area contributed by atoms with Gasteiger partial charge >= 0.3 is 0 Å². The molecule has 0 amide bonds. The number of hydrogen-bond donors (Lipinski definition) is 1. The van der Waals surface area contributed by atoms with Gasteiger partial charge in [-0.3, -0.25) is 4.68 Å². The van der Waals surface area contributed by atoms with Crippen molar-refractivity contribution in [3.63, 3.8) is 0 Å². The average molecular weight is 328 g/mol. The fourth-order valence-electron chi connectivity index (χ4n) is 3.33. The summed E-state index contributed by atoms with van der Waals surface area (Å²) in [5.74, 6) is 1.62. The molecule has 1 aromatic rings. The maximum Gasteiger partial charge on any atom is 0.0698 e. The Bertz CT molecular complexity index is 402. The van der Waals surface area contributed by atoms with Crippen molar-refractivity contribution in [1.29, 1.82) is 0 Å². The summed E-state index contributed by atoms with van der Waals surface area (Å²) in [5, 5.41) is 8.23. The van der Waals surface area contributed by atoms with Gasteiger partial charge in [-0.1, -0.05) is 27.2 Å². The SMILES string of the molecule is CCCn1ncc(Br)c1C(NCC)C1CCC(C)C1. The van der Waals surface area contributed by atoms with E-state index in [0.29, 0.717) is 6.04 Å². The first-order valence-electron chi connectivity index (χ1n) is 7.61. The quantitative estimate of drug-likeness (QED) is 0.850. The fourth-order valence-corrected chi connectivity index (χ4v) is 3.87. The van der Waals surface area contributed by atoms with E-state index in [1.807, 2.05) is 6.20 Å². The highest BCUT2D eigenvalue weighted by Gasteiger charge is 2.32. The molecule has 1 aliphatic rings. The first-order chi connectivity index (χ1) is 9.17. The van der Waals surface area contributed by atoms with E-state index in [4.69, 9.17) is 0 Å². The molecule has 3 nitrogen and oxygen atoms in total. The minimum absolute atomic E-state index is 0.443. The van der Waals surface area contributed by atoms with Crippen molar-refractivity contribution in [1.82, 2.24) is 15.1 Å². The van der Waals surface area contributed by atoms with Crippen LogP contribution in [-0.4, -0.2) is 16.3 Å². The predicted molar refractivity (Wildman–Crippen MR) is 83.1 cm³/mol. The van der Waals surface area contributed by atoms with Gasteiger partial charge < -0.3 is 5.32 Å². The van der Waals surface area contributed by atoms with Gasteiger partial charge in [0.05, 0.1) is 22.4 Å². The minimum Gasteiger partial charge on any atom is -0.309 e. The van der Waals surface area contributed by atoms with E-state index >= 15 is 0 Å². The first-order valence-corrected chi connectivity index (χ1v) is 8.41. The van der Waals surface area contributed by atoms with Crippen LogP contribution in [0.5, 0.6) is 0 Å². The normalized spacial score (nSPS) is 24.8. The number of nitrogens with zero attached hydrogens (tertiary/aromatic N) is 2. The molecule has 0 radical (unpaired) electrons. The molecule has 0 saturated heterocycles. The van der Waals surface area contributed by atoms with Gasteiger partial charge in [-0.05, 0) is 53.6 Å². The van der Waals surface area contributed by atoms with Crippen LogP contribution in [0.2, 0.25) is 0 Å². The van der Waals surface area contributed by atoms with Gasteiger partial charge in [0.15, 0.2) is 0 Å². The Morgan fingerprint density at radius 2 is 2.26 bits per heavy atom. The lowest BCUT2D eigenvalue weighted by Gasteiger charge is -2.26. The summed E-state index contributed by atoms with van der Waals surface area (Å²) < 4.78 is 3.34. The lowest BCUT2D eigenvalue weighted by atomic mass is 9.94. The van der Waals surface area contributed by atoms with Crippen LogP contribution in [0.3, 0.4) is 0 Å². The summed E-state index contributed by atoms with van der Waals surface area (Å²) in [5.41, 5.74) is 1.35. The molecule has 2 rings (SSSR count). The molecule has 1 saturated carbocycles. The number of nitrogens with one attached hydrogen (secondary N) is 1. The van der Waals surface area contributed by atoms with Gasteiger partial charge in [-0.25, -0.2) is 0 Å². The number of rotatable bonds is 6. The molecule has 1 aliphatic carbocycles. The van der Waals surface area contributed by atoms with Crippen molar-refractivity contribution in [3.05, 3.63) is 16.4 Å². The van der Waals surface area contributed by atoms with E-state index in [1.165, 1.54) is 25.0 Å². The van der Waals surface area contributed by atoms with E-state index in [-0.39, 0.29) is 0 Å². The molecule has 0 spiro atoms. The van der Waals surface area contributed by atoms with Crippen molar-refractivity contribution >= 4 is 15.9 Å². The smallest absolute Gasteiger partial charge is 0.0698 e. The molecule has 108 valence electrons. The third kappa shape index (κ3) is 3.40. The summed E-state index contributed by atoms with van der Waals surface area (Å²) >= 11 is 3.70. The number of halogens is 1. The molecule has 4 heteroatoms. The van der Waals surface area contributed by atoms with Gasteiger partial charge in [0.2, 0.25) is 0 Å². The van der Waals surface area contributed by atoms with E-state index in [0.717, 1.165) is 35.8 Å². The van der Waals surface area contributed by atoms with Crippen LogP contribution in [0.1, 0.15) is 58.2 Å². The molecular formula is C15H26BrN3. The standard InChI is InChI=1S/C15H26BrN3/c1-4-8-19-15(13(16)10-18-19)14(17-5-2)12-7-6-11(3)9-12/h10-12,14,17H,4-9H2,1-3H3. The molecule has 1 fully saturated rings. The average Bonchev–Trinajstić information content (AvgIpc) is 2.95. The van der Waals surface area contributed by atoms with Crippen LogP contribution in [-0.2, 0) is 6.54 Å². The molecule has 19 heavy (non-hydrogen) atoms. The number of hydrogen-bond acceptors (Lipinski definition) is 2. The van der Waals surface area contributed by atoms with Crippen molar-refractivity contribution in [3.8, 4) is 0 Å². The van der Waals surface area contributed by atoms with Crippen LogP contribution in [0, 0.1) is 11.8 Å². The lowest BCUT2D eigenvalue weighted by molar-refractivity contribution is 0.341. The topological polar surface area (TPSA) is 29.9 Å². The molecule has 1 heterocycles. The zero-order valence-electron chi connectivity index (χ0n) is 12.3. The van der Waals surface area contributed by atoms with Crippen LogP contribution >= 0.6 is 15.9 Å². The Morgan fingerprint density at radius 3 is 2.84 bits per heavy atom. The van der Waals surface area contributed by atoms with Crippen molar-refractivity contribution in [2.45, 2.75) is 59.0 Å². The molecule has 1 aromatic heterocycles. The fraction of sp³-hybridized carbons (Fsp3) is 0.800. The van der Waals surface area contributed by atoms with Gasteiger partial charge in [0, 0.05) is 6.54 Å². The molecule has 0 bridgehead atoms. The Labute approximate surface area is 125 Å². The van der Waals surface area contributed by atoms with Crippen molar-refractivity contribution in [2.24, 2.45) is 11.8 Å². The Morgan fingerprint density at radius 1 is 1.47 bits per heavy atom. The van der Waals surface area contributed by atoms with Gasteiger partial charge in [-0.2, -0.15) is 5.10 Å². The zero-order chi connectivity index (χ0) is 13.8. The second kappa shape index (κ2) is 6.89. The van der Waals surface area contributed by atoms with Gasteiger partial charge in [-0.15, -0.1) is 0 Å². The maximum atomic E-state index is 4.53. The third-order valence-corrected chi connectivity index (χ3v) is 4.81.